The van der Waals surface area contributed by atoms with Gasteiger partial charge >= 0.3 is 0 Å². The highest BCUT2D eigenvalue weighted by molar-refractivity contribution is 5.09. The molecule has 1 heterocycles. The Kier molecular flexibility index (Phi) is 3.41. The fraction of sp³-hybridized carbons (Fsp3) is 0.750. The number of nitrogens with zero attached hydrogens (tertiary/aromatic N) is 2. The number of aryl methyl sites for hydroxylation is 1. The summed E-state index contributed by atoms with van der Waals surface area (Å²) in [7, 11) is 0. The number of nitrogens with two attached hydrogens (primary N) is 1. The number of aromatic nitrogens is 2. The van der Waals surface area contributed by atoms with Gasteiger partial charge in [-0.2, -0.15) is 5.10 Å². The van der Waals surface area contributed by atoms with E-state index in [9.17, 15) is 0 Å². The van der Waals surface area contributed by atoms with Crippen molar-refractivity contribution >= 4 is 0 Å². The molecule has 2 unspecified atom stereocenters. The zero-order valence-electron chi connectivity index (χ0n) is 9.52. The first-order chi connectivity index (χ1) is 7.31. The molecule has 84 valence electrons. The van der Waals surface area contributed by atoms with E-state index in [2.05, 4.69) is 22.8 Å². The lowest BCUT2D eigenvalue weighted by molar-refractivity contribution is 0.373. The van der Waals surface area contributed by atoms with E-state index in [0.717, 1.165) is 19.4 Å². The molecule has 0 radical (unpaired) electrons. The Balaban J connectivity index is 2.10. The molecule has 0 bridgehead atoms. The molecule has 3 heteroatoms. The quantitative estimate of drug-likeness (QED) is 0.826. The predicted octanol–water partition coefficient (Wildman–Crippen LogP) is 2.28. The molecule has 0 amide bonds. The maximum absolute atomic E-state index is 6.03. The lowest BCUT2D eigenvalue weighted by atomic mass is 9.84. The summed E-state index contributed by atoms with van der Waals surface area (Å²) in [5, 5.41) is 4.38. The van der Waals surface area contributed by atoms with Crippen molar-refractivity contribution in [1.82, 2.24) is 9.78 Å². The topological polar surface area (TPSA) is 43.8 Å². The average Bonchev–Trinajstić information content (AvgIpc) is 2.66. The third kappa shape index (κ3) is 2.40. The molecular weight excluding hydrogens is 186 g/mol. The lowest BCUT2D eigenvalue weighted by Crippen LogP contribution is -2.27. The van der Waals surface area contributed by atoms with Crippen LogP contribution in [0.3, 0.4) is 0 Å². The van der Waals surface area contributed by atoms with Crippen molar-refractivity contribution in [3.05, 3.63) is 18.0 Å². The summed E-state index contributed by atoms with van der Waals surface area (Å²) in [6.45, 7) is 3.23. The molecule has 2 N–H and O–H groups in total. The monoisotopic (exact) mass is 207 g/mol. The second-order valence-electron chi connectivity index (χ2n) is 4.60. The van der Waals surface area contributed by atoms with E-state index in [1.807, 2.05) is 6.20 Å². The Hall–Kier alpha value is -0.830. The molecule has 0 spiro atoms. The van der Waals surface area contributed by atoms with Crippen LogP contribution in [0.2, 0.25) is 0 Å². The summed E-state index contributed by atoms with van der Waals surface area (Å²) in [5.74, 6) is 0.641. The van der Waals surface area contributed by atoms with Crippen molar-refractivity contribution in [2.45, 2.75) is 57.5 Å². The normalized spacial score (nSPS) is 26.8. The van der Waals surface area contributed by atoms with E-state index in [1.54, 1.807) is 0 Å². The van der Waals surface area contributed by atoms with Crippen molar-refractivity contribution in [3.8, 4) is 0 Å². The van der Waals surface area contributed by atoms with Gasteiger partial charge in [0.25, 0.3) is 0 Å². The van der Waals surface area contributed by atoms with Gasteiger partial charge in [-0.25, -0.2) is 0 Å². The fourth-order valence-corrected chi connectivity index (χ4v) is 2.58. The molecule has 1 saturated carbocycles. The van der Waals surface area contributed by atoms with Crippen LogP contribution in [0.15, 0.2) is 12.3 Å². The smallest absolute Gasteiger partial charge is 0.0492 e. The Morgan fingerprint density at radius 3 is 3.13 bits per heavy atom. The van der Waals surface area contributed by atoms with Crippen LogP contribution in [0, 0.1) is 0 Å². The molecule has 0 aliphatic heterocycles. The first kappa shape index (κ1) is 10.7. The van der Waals surface area contributed by atoms with Crippen LogP contribution >= 0.6 is 0 Å². The van der Waals surface area contributed by atoms with Crippen LogP contribution in [-0.4, -0.2) is 15.8 Å². The first-order valence-corrected chi connectivity index (χ1v) is 6.08. The highest BCUT2D eigenvalue weighted by atomic mass is 15.3. The summed E-state index contributed by atoms with van der Waals surface area (Å²) >= 11 is 0. The maximum atomic E-state index is 6.03. The van der Waals surface area contributed by atoms with Gasteiger partial charge in [-0.1, -0.05) is 13.3 Å². The Bertz CT molecular complexity index is 306. The van der Waals surface area contributed by atoms with Crippen LogP contribution in [0.5, 0.6) is 0 Å². The van der Waals surface area contributed by atoms with Crippen molar-refractivity contribution in [1.29, 1.82) is 0 Å². The average molecular weight is 207 g/mol. The summed E-state index contributed by atoms with van der Waals surface area (Å²) in [6, 6.07) is 2.56. The van der Waals surface area contributed by atoms with Gasteiger partial charge in [0.15, 0.2) is 0 Å². The van der Waals surface area contributed by atoms with Crippen LogP contribution in [0.25, 0.3) is 0 Å². The highest BCUT2D eigenvalue weighted by Gasteiger charge is 2.23. The summed E-state index contributed by atoms with van der Waals surface area (Å²) < 4.78 is 2.16. The standard InChI is InChI=1S/C12H21N3/c1-2-8-15-12(6-7-14-15)10-4-3-5-11(13)9-10/h6-7,10-11H,2-5,8-9,13H2,1H3. The first-order valence-electron chi connectivity index (χ1n) is 6.08. The van der Waals surface area contributed by atoms with Gasteiger partial charge < -0.3 is 5.73 Å². The second-order valence-corrected chi connectivity index (χ2v) is 4.60. The molecule has 1 fully saturated rings. The van der Waals surface area contributed by atoms with Gasteiger partial charge in [0.2, 0.25) is 0 Å². The van der Waals surface area contributed by atoms with Crippen LogP contribution < -0.4 is 5.73 Å². The minimum absolute atomic E-state index is 0.397. The number of rotatable bonds is 3. The second kappa shape index (κ2) is 4.79. The van der Waals surface area contributed by atoms with Crippen LogP contribution in [0.4, 0.5) is 0 Å². The van der Waals surface area contributed by atoms with Crippen LogP contribution in [0.1, 0.15) is 50.6 Å². The molecule has 2 rings (SSSR count). The summed E-state index contributed by atoms with van der Waals surface area (Å²) in [5.41, 5.74) is 7.42. The summed E-state index contributed by atoms with van der Waals surface area (Å²) in [4.78, 5) is 0. The van der Waals surface area contributed by atoms with Gasteiger partial charge in [0.05, 0.1) is 0 Å². The van der Waals surface area contributed by atoms with Crippen LogP contribution in [-0.2, 0) is 6.54 Å². The molecule has 1 aromatic rings. The van der Waals surface area contributed by atoms with Gasteiger partial charge in [0, 0.05) is 30.4 Å². The molecular formula is C12H21N3. The van der Waals surface area contributed by atoms with Crippen molar-refractivity contribution < 1.29 is 0 Å². The van der Waals surface area contributed by atoms with E-state index in [-0.39, 0.29) is 0 Å². The predicted molar refractivity (Wildman–Crippen MR) is 61.7 cm³/mol. The van der Waals surface area contributed by atoms with E-state index >= 15 is 0 Å². The molecule has 15 heavy (non-hydrogen) atoms. The zero-order valence-corrected chi connectivity index (χ0v) is 9.52. The molecule has 1 aromatic heterocycles. The zero-order chi connectivity index (χ0) is 10.7. The van der Waals surface area contributed by atoms with Gasteiger partial charge in [-0.3, -0.25) is 4.68 Å². The number of hydrogen-bond donors (Lipinski definition) is 1. The molecule has 3 nitrogen and oxygen atoms in total. The van der Waals surface area contributed by atoms with E-state index in [4.69, 9.17) is 5.73 Å². The van der Waals surface area contributed by atoms with E-state index in [1.165, 1.54) is 25.0 Å². The van der Waals surface area contributed by atoms with Gasteiger partial charge in [-0.05, 0) is 31.7 Å². The largest absolute Gasteiger partial charge is 0.328 e. The molecule has 0 saturated heterocycles. The number of hydrogen-bond acceptors (Lipinski definition) is 2. The van der Waals surface area contributed by atoms with Crippen molar-refractivity contribution in [3.63, 3.8) is 0 Å². The molecule has 0 aromatic carbocycles. The summed E-state index contributed by atoms with van der Waals surface area (Å²) in [6.07, 6.45) is 7.94. The third-order valence-corrected chi connectivity index (χ3v) is 3.32. The van der Waals surface area contributed by atoms with Crippen molar-refractivity contribution in [2.24, 2.45) is 5.73 Å². The SMILES string of the molecule is CCCn1nccc1C1CCCC(N)C1. The fourth-order valence-electron chi connectivity index (χ4n) is 2.58. The lowest BCUT2D eigenvalue weighted by Gasteiger charge is -2.27. The van der Waals surface area contributed by atoms with Gasteiger partial charge in [0.1, 0.15) is 0 Å². The molecule has 1 aliphatic rings. The molecule has 2 atom stereocenters. The Labute approximate surface area is 91.7 Å². The minimum Gasteiger partial charge on any atom is -0.328 e. The van der Waals surface area contributed by atoms with E-state index < -0.39 is 0 Å². The highest BCUT2D eigenvalue weighted by Crippen LogP contribution is 2.31. The Morgan fingerprint density at radius 2 is 2.40 bits per heavy atom. The van der Waals surface area contributed by atoms with E-state index in [0.29, 0.717) is 12.0 Å². The Morgan fingerprint density at radius 1 is 1.53 bits per heavy atom. The van der Waals surface area contributed by atoms with Crippen molar-refractivity contribution in [2.75, 3.05) is 0 Å². The molecule has 1 aliphatic carbocycles. The maximum Gasteiger partial charge on any atom is 0.0492 e. The third-order valence-electron chi connectivity index (χ3n) is 3.32. The van der Waals surface area contributed by atoms with Gasteiger partial charge in [-0.15, -0.1) is 0 Å². The minimum atomic E-state index is 0.397.